The van der Waals surface area contributed by atoms with Crippen molar-refractivity contribution in [1.82, 2.24) is 0 Å². The van der Waals surface area contributed by atoms with Crippen LogP contribution >= 0.6 is 23.5 Å². The molecule has 3 atom stereocenters. The van der Waals surface area contributed by atoms with Crippen LogP contribution in [0.15, 0.2) is 0 Å². The maximum atomic E-state index is 2.41. The van der Waals surface area contributed by atoms with Gasteiger partial charge in [0.25, 0.3) is 0 Å². The van der Waals surface area contributed by atoms with Gasteiger partial charge in [0, 0.05) is 21.5 Å². The van der Waals surface area contributed by atoms with Crippen LogP contribution in [0.4, 0.5) is 0 Å². The number of rotatable bonds is 2. The molecule has 0 aliphatic carbocycles. The van der Waals surface area contributed by atoms with E-state index < -0.39 is 0 Å². The van der Waals surface area contributed by atoms with Crippen molar-refractivity contribution in [3.63, 3.8) is 0 Å². The van der Waals surface area contributed by atoms with Crippen molar-refractivity contribution in [3.8, 4) is 0 Å². The molecule has 3 unspecified atom stereocenters. The minimum absolute atomic E-state index is 0.689. The van der Waals surface area contributed by atoms with E-state index in [9.17, 15) is 0 Å². The average Bonchev–Trinajstić information content (AvgIpc) is 2.54. The van der Waals surface area contributed by atoms with E-state index >= 15 is 0 Å². The minimum atomic E-state index is 0.689. The molecule has 0 N–H and O–H groups in total. The zero-order valence-corrected chi connectivity index (χ0v) is 7.52. The first-order chi connectivity index (χ1) is 4.22. The van der Waals surface area contributed by atoms with Gasteiger partial charge < -0.3 is 0 Å². The lowest BCUT2D eigenvalue weighted by atomic mass is 9.95. The van der Waals surface area contributed by atoms with Gasteiger partial charge in [-0.3, -0.25) is 0 Å². The van der Waals surface area contributed by atoms with Crippen LogP contribution < -0.4 is 0 Å². The van der Waals surface area contributed by atoms with Gasteiger partial charge in [0.1, 0.15) is 0 Å². The molecule has 0 spiro atoms. The zero-order chi connectivity index (χ0) is 6.48. The number of hydrogen-bond donors (Lipinski definition) is 0. The molecule has 52 valence electrons. The summed E-state index contributed by atoms with van der Waals surface area (Å²) in [6, 6.07) is 0. The van der Waals surface area contributed by atoms with Gasteiger partial charge in [-0.15, -0.1) is 0 Å². The topological polar surface area (TPSA) is 0 Å². The summed E-state index contributed by atoms with van der Waals surface area (Å²) in [6.07, 6.45) is 0. The summed E-state index contributed by atoms with van der Waals surface area (Å²) < 4.78 is 0.689. The van der Waals surface area contributed by atoms with Crippen LogP contribution in [0, 0.1) is 5.92 Å². The van der Waals surface area contributed by atoms with Gasteiger partial charge in [-0.2, -0.15) is 23.5 Å². The van der Waals surface area contributed by atoms with E-state index in [1.807, 2.05) is 0 Å². The van der Waals surface area contributed by atoms with E-state index in [4.69, 9.17) is 0 Å². The standard InChI is InChI=1S/C7H12S2/c1-5(6-3-8-6)7(2)4-9-7/h5-6H,3-4H2,1-2H3. The number of hydrogen-bond acceptors (Lipinski definition) is 2. The SMILES string of the molecule is CC(C1CS1)C1(C)CS1. The molecule has 0 aromatic rings. The van der Waals surface area contributed by atoms with Gasteiger partial charge in [0.15, 0.2) is 0 Å². The van der Waals surface area contributed by atoms with E-state index in [2.05, 4.69) is 37.4 Å². The smallest absolute Gasteiger partial charge is 0.0259 e. The molecular weight excluding hydrogens is 148 g/mol. The Balaban J connectivity index is 1.95. The van der Waals surface area contributed by atoms with E-state index in [1.165, 1.54) is 11.5 Å². The third kappa shape index (κ3) is 1.12. The van der Waals surface area contributed by atoms with Crippen LogP contribution in [-0.4, -0.2) is 21.5 Å². The van der Waals surface area contributed by atoms with Gasteiger partial charge in [0.2, 0.25) is 0 Å². The maximum Gasteiger partial charge on any atom is 0.0259 e. The van der Waals surface area contributed by atoms with Crippen LogP contribution in [-0.2, 0) is 0 Å². The zero-order valence-electron chi connectivity index (χ0n) is 5.89. The monoisotopic (exact) mass is 160 g/mol. The Labute approximate surface area is 65.2 Å². The third-order valence-electron chi connectivity index (χ3n) is 2.48. The molecule has 0 nitrogen and oxygen atoms in total. The highest BCUT2D eigenvalue weighted by molar-refractivity contribution is 8.08. The first kappa shape index (κ1) is 6.41. The molecule has 2 aliphatic heterocycles. The summed E-state index contributed by atoms with van der Waals surface area (Å²) >= 11 is 4.26. The predicted octanol–water partition coefficient (Wildman–Crippen LogP) is 2.24. The lowest BCUT2D eigenvalue weighted by molar-refractivity contribution is 0.522. The second-order valence-corrected chi connectivity index (χ2v) is 6.04. The van der Waals surface area contributed by atoms with Gasteiger partial charge >= 0.3 is 0 Å². The molecule has 2 saturated heterocycles. The summed E-state index contributed by atoms with van der Waals surface area (Å²) in [6.45, 7) is 4.81. The van der Waals surface area contributed by atoms with Gasteiger partial charge in [-0.05, 0) is 12.8 Å². The Hall–Kier alpha value is 0.700. The van der Waals surface area contributed by atoms with Crippen molar-refractivity contribution in [1.29, 1.82) is 0 Å². The lowest BCUT2D eigenvalue weighted by Gasteiger charge is -2.14. The molecule has 2 heteroatoms. The first-order valence-electron chi connectivity index (χ1n) is 3.48. The van der Waals surface area contributed by atoms with Crippen LogP contribution in [0.2, 0.25) is 0 Å². The molecule has 0 bridgehead atoms. The second-order valence-electron chi connectivity index (χ2n) is 3.26. The van der Waals surface area contributed by atoms with Gasteiger partial charge in [-0.1, -0.05) is 6.92 Å². The summed E-state index contributed by atoms with van der Waals surface area (Å²) in [5.41, 5.74) is 0. The highest BCUT2D eigenvalue weighted by Crippen LogP contribution is 2.56. The largest absolute Gasteiger partial charge is 0.156 e. The third-order valence-corrected chi connectivity index (χ3v) is 5.18. The van der Waals surface area contributed by atoms with E-state index in [1.54, 1.807) is 0 Å². The van der Waals surface area contributed by atoms with Crippen LogP contribution in [0.5, 0.6) is 0 Å². The van der Waals surface area contributed by atoms with E-state index in [0.29, 0.717) is 4.75 Å². The van der Waals surface area contributed by atoms with Gasteiger partial charge in [-0.25, -0.2) is 0 Å². The van der Waals surface area contributed by atoms with Crippen molar-refractivity contribution in [2.75, 3.05) is 11.5 Å². The van der Waals surface area contributed by atoms with Crippen LogP contribution in [0.25, 0.3) is 0 Å². The van der Waals surface area contributed by atoms with E-state index in [-0.39, 0.29) is 0 Å². The van der Waals surface area contributed by atoms with E-state index in [0.717, 1.165) is 11.2 Å². The Morgan fingerprint density at radius 2 is 2.22 bits per heavy atom. The van der Waals surface area contributed by atoms with Crippen LogP contribution in [0.1, 0.15) is 13.8 Å². The minimum Gasteiger partial charge on any atom is -0.156 e. The van der Waals surface area contributed by atoms with Crippen LogP contribution in [0.3, 0.4) is 0 Å². The Kier molecular flexibility index (Phi) is 1.32. The fraction of sp³-hybridized carbons (Fsp3) is 1.00. The lowest BCUT2D eigenvalue weighted by Crippen LogP contribution is -2.20. The molecule has 0 saturated carbocycles. The Morgan fingerprint density at radius 3 is 2.56 bits per heavy atom. The second kappa shape index (κ2) is 1.85. The summed E-state index contributed by atoms with van der Waals surface area (Å²) in [7, 11) is 0. The molecule has 0 aromatic heterocycles. The molecule has 2 aliphatic rings. The number of thioether (sulfide) groups is 2. The average molecular weight is 160 g/mol. The van der Waals surface area contributed by atoms with Crippen molar-refractivity contribution in [2.24, 2.45) is 5.92 Å². The fourth-order valence-electron chi connectivity index (χ4n) is 1.11. The van der Waals surface area contributed by atoms with Crippen molar-refractivity contribution < 1.29 is 0 Å². The molecule has 0 radical (unpaired) electrons. The molecule has 2 rings (SSSR count). The maximum absolute atomic E-state index is 2.41. The summed E-state index contributed by atoms with van der Waals surface area (Å²) in [5, 5.41) is 1.02. The Bertz CT molecular complexity index is 125. The molecule has 0 amide bonds. The first-order valence-corrected chi connectivity index (χ1v) is 5.51. The molecule has 9 heavy (non-hydrogen) atoms. The summed E-state index contributed by atoms with van der Waals surface area (Å²) in [5.74, 6) is 3.80. The highest BCUT2D eigenvalue weighted by atomic mass is 32.2. The normalized spacial score (nSPS) is 50.7. The van der Waals surface area contributed by atoms with Gasteiger partial charge in [0.05, 0.1) is 0 Å². The highest BCUT2D eigenvalue weighted by Gasteiger charge is 2.49. The fourth-order valence-corrected chi connectivity index (χ4v) is 3.11. The summed E-state index contributed by atoms with van der Waals surface area (Å²) in [4.78, 5) is 0. The quantitative estimate of drug-likeness (QED) is 0.568. The van der Waals surface area contributed by atoms with Crippen molar-refractivity contribution >= 4 is 23.5 Å². The molecule has 2 heterocycles. The molecular formula is C7H12S2. The Morgan fingerprint density at radius 1 is 1.67 bits per heavy atom. The molecule has 2 fully saturated rings. The molecule has 0 aromatic carbocycles. The van der Waals surface area contributed by atoms with Crippen molar-refractivity contribution in [2.45, 2.75) is 23.8 Å². The predicted molar refractivity (Wildman–Crippen MR) is 46.3 cm³/mol. The van der Waals surface area contributed by atoms with Crippen molar-refractivity contribution in [3.05, 3.63) is 0 Å².